The second-order valence-corrected chi connectivity index (χ2v) is 4.03. The van der Waals surface area contributed by atoms with E-state index in [4.69, 9.17) is 5.11 Å². The van der Waals surface area contributed by atoms with Crippen molar-refractivity contribution < 1.29 is 9.90 Å². The molecule has 0 aliphatic heterocycles. The van der Waals surface area contributed by atoms with Crippen LogP contribution >= 0.6 is 0 Å². The first-order chi connectivity index (χ1) is 8.74. The van der Waals surface area contributed by atoms with Gasteiger partial charge in [-0.3, -0.25) is 4.98 Å². The van der Waals surface area contributed by atoms with Crippen LogP contribution in [0.3, 0.4) is 0 Å². The van der Waals surface area contributed by atoms with Gasteiger partial charge in [-0.1, -0.05) is 12.1 Å². The highest BCUT2D eigenvalue weighted by Crippen LogP contribution is 2.24. The van der Waals surface area contributed by atoms with E-state index in [0.29, 0.717) is 0 Å². The summed E-state index contributed by atoms with van der Waals surface area (Å²) in [6.45, 7) is 0. The number of aromatic carboxylic acids is 1. The van der Waals surface area contributed by atoms with Crippen LogP contribution in [0.5, 0.6) is 0 Å². The molecule has 0 unspecified atom stereocenters. The van der Waals surface area contributed by atoms with Crippen molar-refractivity contribution in [3.8, 4) is 11.1 Å². The molecule has 0 aliphatic rings. The molecular weight excluding hydrogens is 228 g/mol. The van der Waals surface area contributed by atoms with Crippen molar-refractivity contribution in [2.45, 2.75) is 0 Å². The summed E-state index contributed by atoms with van der Waals surface area (Å²) in [6.07, 6.45) is 3.51. The van der Waals surface area contributed by atoms with E-state index in [1.54, 1.807) is 18.5 Å². The average molecular weight is 238 g/mol. The van der Waals surface area contributed by atoms with E-state index >= 15 is 0 Å². The van der Waals surface area contributed by atoms with Crippen molar-refractivity contribution >= 4 is 16.9 Å². The molecule has 2 N–H and O–H groups in total. The fourth-order valence-electron chi connectivity index (χ4n) is 1.96. The molecule has 2 aromatic heterocycles. The fraction of sp³-hybridized carbons (Fsp3) is 0. The summed E-state index contributed by atoms with van der Waals surface area (Å²) in [7, 11) is 0. The van der Waals surface area contributed by atoms with Gasteiger partial charge in [-0.25, -0.2) is 4.79 Å². The lowest BCUT2D eigenvalue weighted by Gasteiger charge is -2.00. The minimum Gasteiger partial charge on any atom is -0.477 e. The Labute approximate surface area is 103 Å². The molecule has 3 aromatic rings. The van der Waals surface area contributed by atoms with Crippen molar-refractivity contribution in [3.63, 3.8) is 0 Å². The van der Waals surface area contributed by atoms with Gasteiger partial charge < -0.3 is 10.1 Å². The number of nitrogens with zero attached hydrogens (tertiary/aromatic N) is 1. The Kier molecular flexibility index (Phi) is 2.34. The summed E-state index contributed by atoms with van der Waals surface area (Å²) in [5.74, 6) is -0.950. The Morgan fingerprint density at radius 3 is 2.78 bits per heavy atom. The molecule has 4 nitrogen and oxygen atoms in total. The normalized spacial score (nSPS) is 10.7. The molecule has 1 aromatic carbocycles. The van der Waals surface area contributed by atoms with Gasteiger partial charge in [-0.15, -0.1) is 0 Å². The van der Waals surface area contributed by atoms with E-state index in [0.717, 1.165) is 22.0 Å². The molecule has 4 heteroatoms. The number of rotatable bonds is 2. The third-order valence-electron chi connectivity index (χ3n) is 2.85. The number of aromatic nitrogens is 2. The molecule has 0 atom stereocenters. The van der Waals surface area contributed by atoms with Gasteiger partial charge in [0.2, 0.25) is 0 Å². The zero-order chi connectivity index (χ0) is 12.5. The number of pyridine rings is 1. The van der Waals surface area contributed by atoms with Gasteiger partial charge in [0.05, 0.1) is 0 Å². The standard InChI is InChI=1S/C14H10N2O2/c17-14(18)13-7-11-6-9(3-4-12(11)16-13)10-2-1-5-15-8-10/h1-8,16H,(H,17,18). The number of H-pyrrole nitrogens is 1. The third-order valence-corrected chi connectivity index (χ3v) is 2.85. The van der Waals surface area contributed by atoms with E-state index in [9.17, 15) is 4.79 Å². The maximum Gasteiger partial charge on any atom is 0.352 e. The average Bonchev–Trinajstić information content (AvgIpc) is 2.82. The summed E-state index contributed by atoms with van der Waals surface area (Å²) in [4.78, 5) is 17.8. The Bertz CT molecular complexity index is 717. The summed E-state index contributed by atoms with van der Waals surface area (Å²) < 4.78 is 0. The van der Waals surface area contributed by atoms with E-state index in [-0.39, 0.29) is 5.69 Å². The molecule has 0 radical (unpaired) electrons. The van der Waals surface area contributed by atoms with Crippen LogP contribution in [0, 0.1) is 0 Å². The maximum atomic E-state index is 10.9. The number of carbonyl (C=O) groups is 1. The number of carboxylic acids is 1. The first kappa shape index (κ1) is 10.5. The number of nitrogens with one attached hydrogen (secondary N) is 1. The van der Waals surface area contributed by atoms with Crippen molar-refractivity contribution in [2.75, 3.05) is 0 Å². The second kappa shape index (κ2) is 4.00. The van der Waals surface area contributed by atoms with Crippen molar-refractivity contribution in [1.29, 1.82) is 0 Å². The van der Waals surface area contributed by atoms with Crippen LogP contribution in [0.15, 0.2) is 48.8 Å². The molecule has 18 heavy (non-hydrogen) atoms. The number of carboxylic acid groups (broad SMARTS) is 1. The molecule has 0 saturated carbocycles. The van der Waals surface area contributed by atoms with Crippen molar-refractivity contribution in [1.82, 2.24) is 9.97 Å². The van der Waals surface area contributed by atoms with Gasteiger partial charge in [0.15, 0.2) is 0 Å². The van der Waals surface area contributed by atoms with Crippen molar-refractivity contribution in [2.24, 2.45) is 0 Å². The molecule has 0 bridgehead atoms. The highest BCUT2D eigenvalue weighted by molar-refractivity contribution is 5.95. The van der Waals surface area contributed by atoms with Gasteiger partial charge in [0.1, 0.15) is 5.69 Å². The van der Waals surface area contributed by atoms with E-state index in [2.05, 4.69) is 9.97 Å². The van der Waals surface area contributed by atoms with Crippen LogP contribution in [0.2, 0.25) is 0 Å². The molecule has 0 fully saturated rings. The lowest BCUT2D eigenvalue weighted by molar-refractivity contribution is 0.0691. The Hall–Kier alpha value is -2.62. The Balaban J connectivity index is 2.14. The van der Waals surface area contributed by atoms with Crippen LogP contribution in [-0.2, 0) is 0 Å². The lowest BCUT2D eigenvalue weighted by atomic mass is 10.1. The van der Waals surface area contributed by atoms with Gasteiger partial charge in [-0.05, 0) is 29.8 Å². The number of aromatic amines is 1. The van der Waals surface area contributed by atoms with Gasteiger partial charge in [-0.2, -0.15) is 0 Å². The monoisotopic (exact) mass is 238 g/mol. The minimum atomic E-state index is -0.950. The highest BCUT2D eigenvalue weighted by atomic mass is 16.4. The molecule has 0 aliphatic carbocycles. The molecular formula is C14H10N2O2. The van der Waals surface area contributed by atoms with Crippen LogP contribution in [-0.4, -0.2) is 21.0 Å². The smallest absolute Gasteiger partial charge is 0.352 e. The largest absolute Gasteiger partial charge is 0.477 e. The summed E-state index contributed by atoms with van der Waals surface area (Å²) >= 11 is 0. The quantitative estimate of drug-likeness (QED) is 0.721. The zero-order valence-electron chi connectivity index (χ0n) is 9.42. The Morgan fingerprint density at radius 2 is 2.06 bits per heavy atom. The predicted molar refractivity (Wildman–Crippen MR) is 68.5 cm³/mol. The maximum absolute atomic E-state index is 10.9. The molecule has 0 saturated heterocycles. The summed E-state index contributed by atoms with van der Waals surface area (Å²) in [5, 5.41) is 9.81. The van der Waals surface area contributed by atoms with Gasteiger partial charge >= 0.3 is 5.97 Å². The SMILES string of the molecule is O=C(O)c1cc2cc(-c3cccnc3)ccc2[nH]1. The zero-order valence-corrected chi connectivity index (χ0v) is 9.42. The van der Waals surface area contributed by atoms with Crippen molar-refractivity contribution in [3.05, 3.63) is 54.5 Å². The van der Waals surface area contributed by atoms with Gasteiger partial charge in [0, 0.05) is 28.9 Å². The topological polar surface area (TPSA) is 66.0 Å². The van der Waals surface area contributed by atoms with E-state index in [1.807, 2.05) is 30.3 Å². The van der Waals surface area contributed by atoms with E-state index < -0.39 is 5.97 Å². The van der Waals surface area contributed by atoms with Crippen LogP contribution in [0.1, 0.15) is 10.5 Å². The molecule has 3 rings (SSSR count). The molecule has 88 valence electrons. The number of benzene rings is 1. The highest BCUT2D eigenvalue weighted by Gasteiger charge is 2.08. The molecule has 0 spiro atoms. The predicted octanol–water partition coefficient (Wildman–Crippen LogP) is 2.93. The Morgan fingerprint density at radius 1 is 1.17 bits per heavy atom. The second-order valence-electron chi connectivity index (χ2n) is 4.03. The first-order valence-corrected chi connectivity index (χ1v) is 5.50. The number of hydrogen-bond donors (Lipinski definition) is 2. The van der Waals surface area contributed by atoms with E-state index in [1.165, 1.54) is 0 Å². The van der Waals surface area contributed by atoms with Crippen LogP contribution in [0.4, 0.5) is 0 Å². The fourth-order valence-corrected chi connectivity index (χ4v) is 1.96. The van der Waals surface area contributed by atoms with Crippen LogP contribution < -0.4 is 0 Å². The lowest BCUT2D eigenvalue weighted by Crippen LogP contribution is -1.94. The third kappa shape index (κ3) is 1.73. The molecule has 2 heterocycles. The number of hydrogen-bond acceptors (Lipinski definition) is 2. The summed E-state index contributed by atoms with van der Waals surface area (Å²) in [5.41, 5.74) is 3.05. The molecule has 0 amide bonds. The van der Waals surface area contributed by atoms with Gasteiger partial charge in [0.25, 0.3) is 0 Å². The minimum absolute atomic E-state index is 0.202. The summed E-state index contributed by atoms with van der Waals surface area (Å²) in [6, 6.07) is 11.3. The number of fused-ring (bicyclic) bond motifs is 1. The first-order valence-electron chi connectivity index (χ1n) is 5.50. The van der Waals surface area contributed by atoms with Crippen LogP contribution in [0.25, 0.3) is 22.0 Å².